The van der Waals surface area contributed by atoms with Crippen LogP contribution in [0.2, 0.25) is 0 Å². The van der Waals surface area contributed by atoms with E-state index in [2.05, 4.69) is 4.90 Å². The average molecular weight is 358 g/mol. The second-order valence-corrected chi connectivity index (χ2v) is 7.32. The highest BCUT2D eigenvalue weighted by Crippen LogP contribution is 2.16. The van der Waals surface area contributed by atoms with E-state index in [4.69, 9.17) is 5.73 Å². The number of hydrogen-bond donors (Lipinski definition) is 1. The lowest BCUT2D eigenvalue weighted by Gasteiger charge is -2.36. The Bertz CT molecular complexity index is 593. The molecule has 1 aromatic carbocycles. The number of carbonyl (C=O) groups is 2. The number of nitrogens with zero attached hydrogens (tertiary/aromatic N) is 3. The van der Waals surface area contributed by atoms with Crippen LogP contribution in [-0.2, 0) is 9.59 Å². The highest BCUT2D eigenvalue weighted by atomic mass is 16.2. The number of benzene rings is 1. The minimum Gasteiger partial charge on any atom is -0.342 e. The number of piperidine rings is 1. The molecule has 2 amide bonds. The van der Waals surface area contributed by atoms with Gasteiger partial charge < -0.3 is 15.5 Å². The van der Waals surface area contributed by atoms with Crippen LogP contribution in [0.25, 0.3) is 0 Å². The molecular weight excluding hydrogens is 328 g/mol. The number of rotatable bonds is 5. The Balaban J connectivity index is 1.41. The summed E-state index contributed by atoms with van der Waals surface area (Å²) in [6.07, 6.45) is 3.80. The molecule has 2 aliphatic heterocycles. The lowest BCUT2D eigenvalue weighted by molar-refractivity contribution is -0.135. The van der Waals surface area contributed by atoms with Gasteiger partial charge in [-0.1, -0.05) is 30.3 Å². The van der Waals surface area contributed by atoms with Crippen LogP contribution in [0.15, 0.2) is 30.3 Å². The van der Waals surface area contributed by atoms with Crippen LogP contribution in [0.5, 0.6) is 0 Å². The van der Waals surface area contributed by atoms with E-state index in [1.54, 1.807) is 0 Å². The maximum absolute atomic E-state index is 12.5. The largest absolute Gasteiger partial charge is 0.342 e. The molecule has 0 aromatic heterocycles. The third kappa shape index (κ3) is 5.05. The summed E-state index contributed by atoms with van der Waals surface area (Å²) in [6, 6.07) is 9.49. The molecule has 1 atom stereocenters. The van der Waals surface area contributed by atoms with Crippen molar-refractivity contribution in [3.8, 4) is 0 Å². The van der Waals surface area contributed by atoms with Crippen molar-refractivity contribution in [1.82, 2.24) is 14.7 Å². The van der Waals surface area contributed by atoms with Crippen molar-refractivity contribution in [1.29, 1.82) is 0 Å². The van der Waals surface area contributed by atoms with Crippen LogP contribution < -0.4 is 5.73 Å². The van der Waals surface area contributed by atoms with E-state index >= 15 is 0 Å². The van der Waals surface area contributed by atoms with E-state index < -0.39 is 0 Å². The molecule has 2 fully saturated rings. The molecule has 2 saturated heterocycles. The zero-order valence-electron chi connectivity index (χ0n) is 15.5. The van der Waals surface area contributed by atoms with Gasteiger partial charge in [-0.05, 0) is 24.8 Å². The number of hydrogen-bond acceptors (Lipinski definition) is 4. The average Bonchev–Trinajstić information content (AvgIpc) is 2.69. The monoisotopic (exact) mass is 358 g/mol. The quantitative estimate of drug-likeness (QED) is 0.860. The summed E-state index contributed by atoms with van der Waals surface area (Å²) < 4.78 is 0. The van der Waals surface area contributed by atoms with Crippen molar-refractivity contribution in [2.45, 2.75) is 31.7 Å². The molecule has 142 valence electrons. The first-order chi connectivity index (χ1) is 12.6. The molecule has 0 radical (unpaired) electrons. The van der Waals surface area contributed by atoms with Gasteiger partial charge in [0.05, 0.1) is 6.54 Å². The van der Waals surface area contributed by atoms with Gasteiger partial charge in [0.15, 0.2) is 0 Å². The van der Waals surface area contributed by atoms with Gasteiger partial charge in [0.25, 0.3) is 0 Å². The fraction of sp³-hybridized carbons (Fsp3) is 0.600. The second-order valence-electron chi connectivity index (χ2n) is 7.32. The Hall–Kier alpha value is -1.92. The summed E-state index contributed by atoms with van der Waals surface area (Å²) in [5, 5.41) is 0. The molecule has 6 heteroatoms. The van der Waals surface area contributed by atoms with Crippen molar-refractivity contribution in [2.75, 3.05) is 45.8 Å². The third-order valence-electron chi connectivity index (χ3n) is 5.41. The molecule has 0 bridgehead atoms. The number of carbonyl (C=O) groups excluding carboxylic acids is 2. The molecule has 1 unspecified atom stereocenters. The van der Waals surface area contributed by atoms with E-state index in [0.717, 1.165) is 44.6 Å². The molecule has 0 aliphatic carbocycles. The predicted octanol–water partition coefficient (Wildman–Crippen LogP) is 1.23. The van der Waals surface area contributed by atoms with Gasteiger partial charge in [-0.25, -0.2) is 0 Å². The van der Waals surface area contributed by atoms with Crippen LogP contribution in [0.4, 0.5) is 0 Å². The topological polar surface area (TPSA) is 69.9 Å². The molecule has 0 saturated carbocycles. The van der Waals surface area contributed by atoms with E-state index in [1.807, 2.05) is 40.1 Å². The van der Waals surface area contributed by atoms with Gasteiger partial charge in [-0.3, -0.25) is 14.5 Å². The van der Waals surface area contributed by atoms with Crippen LogP contribution in [0.1, 0.15) is 37.3 Å². The smallest absolute Gasteiger partial charge is 0.236 e. The fourth-order valence-electron chi connectivity index (χ4n) is 3.73. The Kier molecular flexibility index (Phi) is 6.63. The van der Waals surface area contributed by atoms with Crippen LogP contribution >= 0.6 is 0 Å². The van der Waals surface area contributed by atoms with Crippen LogP contribution in [0.3, 0.4) is 0 Å². The molecule has 1 aromatic rings. The van der Waals surface area contributed by atoms with E-state index in [1.165, 1.54) is 6.42 Å². The SMILES string of the molecule is NC(CC(=O)N1CCN(CC(=O)N2CCCCC2)CC1)c1ccccc1. The van der Waals surface area contributed by atoms with Crippen molar-refractivity contribution in [3.63, 3.8) is 0 Å². The minimum atomic E-state index is -0.262. The summed E-state index contributed by atoms with van der Waals surface area (Å²) in [6.45, 7) is 5.13. The minimum absolute atomic E-state index is 0.100. The van der Waals surface area contributed by atoms with Crippen molar-refractivity contribution in [2.24, 2.45) is 5.73 Å². The Morgan fingerprint density at radius 1 is 0.846 bits per heavy atom. The zero-order valence-corrected chi connectivity index (χ0v) is 15.5. The maximum atomic E-state index is 12.5. The normalized spacial score (nSPS) is 20.0. The summed E-state index contributed by atoms with van der Waals surface area (Å²) in [5.74, 6) is 0.332. The molecule has 2 N–H and O–H groups in total. The summed E-state index contributed by atoms with van der Waals surface area (Å²) in [7, 11) is 0. The molecule has 6 nitrogen and oxygen atoms in total. The lowest BCUT2D eigenvalue weighted by Crippen LogP contribution is -2.52. The number of amides is 2. The standard InChI is InChI=1S/C20H30N4O2/c21-18(17-7-3-1-4-8-17)15-19(25)24-13-11-22(12-14-24)16-20(26)23-9-5-2-6-10-23/h1,3-4,7-8,18H,2,5-6,9-16,21H2. The Morgan fingerprint density at radius 2 is 1.46 bits per heavy atom. The van der Waals surface area contributed by atoms with Crippen LogP contribution in [-0.4, -0.2) is 72.3 Å². The Labute approximate surface area is 155 Å². The maximum Gasteiger partial charge on any atom is 0.236 e. The molecular formula is C20H30N4O2. The highest BCUT2D eigenvalue weighted by molar-refractivity contribution is 5.79. The first kappa shape index (κ1) is 18.9. The Morgan fingerprint density at radius 3 is 2.12 bits per heavy atom. The first-order valence-electron chi connectivity index (χ1n) is 9.72. The fourth-order valence-corrected chi connectivity index (χ4v) is 3.73. The predicted molar refractivity (Wildman–Crippen MR) is 101 cm³/mol. The van der Waals surface area contributed by atoms with E-state index in [-0.39, 0.29) is 17.9 Å². The van der Waals surface area contributed by atoms with Crippen LogP contribution in [0, 0.1) is 0 Å². The van der Waals surface area contributed by atoms with Gasteiger partial charge in [0.1, 0.15) is 0 Å². The van der Waals surface area contributed by atoms with Crippen molar-refractivity contribution in [3.05, 3.63) is 35.9 Å². The van der Waals surface area contributed by atoms with Gasteiger partial charge in [0.2, 0.25) is 11.8 Å². The molecule has 2 heterocycles. The summed E-state index contributed by atoms with van der Waals surface area (Å²) in [4.78, 5) is 30.9. The zero-order chi connectivity index (χ0) is 18.4. The molecule has 26 heavy (non-hydrogen) atoms. The van der Waals surface area contributed by atoms with Gasteiger partial charge in [-0.15, -0.1) is 0 Å². The molecule has 3 rings (SSSR count). The van der Waals surface area contributed by atoms with Gasteiger partial charge in [0, 0.05) is 51.7 Å². The van der Waals surface area contributed by atoms with E-state index in [0.29, 0.717) is 26.1 Å². The molecule has 2 aliphatic rings. The number of nitrogens with two attached hydrogens (primary N) is 1. The van der Waals surface area contributed by atoms with E-state index in [9.17, 15) is 9.59 Å². The third-order valence-corrected chi connectivity index (χ3v) is 5.41. The van der Waals surface area contributed by atoms with Gasteiger partial charge in [-0.2, -0.15) is 0 Å². The van der Waals surface area contributed by atoms with Crippen molar-refractivity contribution < 1.29 is 9.59 Å². The lowest BCUT2D eigenvalue weighted by atomic mass is 10.0. The second kappa shape index (κ2) is 9.14. The number of piperazine rings is 1. The van der Waals surface area contributed by atoms with Gasteiger partial charge >= 0.3 is 0 Å². The molecule has 0 spiro atoms. The highest BCUT2D eigenvalue weighted by Gasteiger charge is 2.25. The van der Waals surface area contributed by atoms with Crippen molar-refractivity contribution >= 4 is 11.8 Å². The number of likely N-dealkylation sites (tertiary alicyclic amines) is 1. The summed E-state index contributed by atoms with van der Waals surface area (Å²) >= 11 is 0. The first-order valence-corrected chi connectivity index (χ1v) is 9.72. The summed E-state index contributed by atoms with van der Waals surface area (Å²) in [5.41, 5.74) is 7.16.